The van der Waals surface area contributed by atoms with Gasteiger partial charge in [-0.3, -0.25) is 0 Å². The molecular weight excluding hydrogens is 301 g/mol. The van der Waals surface area contributed by atoms with Gasteiger partial charge < -0.3 is 14.7 Å². The van der Waals surface area contributed by atoms with Crippen LogP contribution < -0.4 is 4.90 Å². The van der Waals surface area contributed by atoms with Crippen molar-refractivity contribution in [1.29, 1.82) is 0 Å². The molecule has 1 aromatic heterocycles. The summed E-state index contributed by atoms with van der Waals surface area (Å²) < 4.78 is 18.5. The summed E-state index contributed by atoms with van der Waals surface area (Å²) in [5, 5.41) is 10.4. The Morgan fingerprint density at radius 1 is 1.48 bits per heavy atom. The molecule has 2 unspecified atom stereocenters. The molecule has 7 heteroatoms. The van der Waals surface area contributed by atoms with Gasteiger partial charge in [0, 0.05) is 12.4 Å². The van der Waals surface area contributed by atoms with Crippen LogP contribution in [0.15, 0.2) is 36.7 Å². The van der Waals surface area contributed by atoms with E-state index in [-0.39, 0.29) is 6.61 Å². The number of rotatable bonds is 4. The van der Waals surface area contributed by atoms with Crippen LogP contribution in [0.2, 0.25) is 0 Å². The van der Waals surface area contributed by atoms with Gasteiger partial charge in [-0.1, -0.05) is 6.07 Å². The van der Waals surface area contributed by atoms with E-state index >= 15 is 0 Å². The standard InChI is InChI=1S/C16H16FN3O3/c1-2-23-15(22)14(21)13-8-10-4-5-11(17)9-12(10)20(13)16-18-6-3-7-19-16/h3-7,9,13-14,21H,2,8H2,1H3. The second kappa shape index (κ2) is 6.29. The van der Waals surface area contributed by atoms with E-state index < -0.39 is 23.9 Å². The number of aliphatic hydroxyl groups excluding tert-OH is 1. The first-order chi connectivity index (χ1) is 11.1. The van der Waals surface area contributed by atoms with Gasteiger partial charge in [-0.25, -0.2) is 19.2 Å². The molecule has 0 spiro atoms. The average Bonchev–Trinajstić information content (AvgIpc) is 2.93. The molecule has 120 valence electrons. The Morgan fingerprint density at radius 3 is 2.91 bits per heavy atom. The number of ether oxygens (including phenoxy) is 1. The van der Waals surface area contributed by atoms with Crippen LogP contribution in [0, 0.1) is 5.82 Å². The molecular formula is C16H16FN3O3. The molecule has 0 fully saturated rings. The molecule has 6 nitrogen and oxygen atoms in total. The Kier molecular flexibility index (Phi) is 4.20. The van der Waals surface area contributed by atoms with Crippen molar-refractivity contribution in [2.45, 2.75) is 25.5 Å². The van der Waals surface area contributed by atoms with E-state index in [0.29, 0.717) is 18.1 Å². The highest BCUT2D eigenvalue weighted by Crippen LogP contribution is 2.38. The van der Waals surface area contributed by atoms with E-state index in [9.17, 15) is 14.3 Å². The van der Waals surface area contributed by atoms with Gasteiger partial charge in [0.15, 0.2) is 6.10 Å². The molecule has 3 rings (SSSR count). The normalized spacial score (nSPS) is 17.7. The molecule has 0 radical (unpaired) electrons. The Labute approximate surface area is 132 Å². The van der Waals surface area contributed by atoms with Gasteiger partial charge in [0.2, 0.25) is 5.95 Å². The minimum Gasteiger partial charge on any atom is -0.464 e. The van der Waals surface area contributed by atoms with Crippen LogP contribution in [-0.2, 0) is 16.0 Å². The SMILES string of the molecule is CCOC(=O)C(O)C1Cc2ccc(F)cc2N1c1ncccn1. The monoisotopic (exact) mass is 317 g/mol. The first-order valence-corrected chi connectivity index (χ1v) is 7.31. The third-order valence-electron chi connectivity index (χ3n) is 3.73. The molecule has 1 aromatic carbocycles. The van der Waals surface area contributed by atoms with Gasteiger partial charge in [0.05, 0.1) is 18.3 Å². The largest absolute Gasteiger partial charge is 0.464 e. The van der Waals surface area contributed by atoms with Crippen LogP contribution in [0.5, 0.6) is 0 Å². The van der Waals surface area contributed by atoms with Crippen molar-refractivity contribution in [1.82, 2.24) is 9.97 Å². The summed E-state index contributed by atoms with van der Waals surface area (Å²) in [7, 11) is 0. The molecule has 2 atom stereocenters. The zero-order valence-electron chi connectivity index (χ0n) is 12.5. The minimum absolute atomic E-state index is 0.173. The summed E-state index contributed by atoms with van der Waals surface area (Å²) in [6.45, 7) is 1.84. The number of aromatic nitrogens is 2. The molecule has 2 heterocycles. The summed E-state index contributed by atoms with van der Waals surface area (Å²) in [6, 6.07) is 5.35. The van der Waals surface area contributed by atoms with Crippen LogP contribution in [0.1, 0.15) is 12.5 Å². The van der Waals surface area contributed by atoms with Crippen LogP contribution in [0.4, 0.5) is 16.0 Å². The smallest absolute Gasteiger partial charge is 0.337 e. The lowest BCUT2D eigenvalue weighted by atomic mass is 10.1. The molecule has 0 bridgehead atoms. The fraction of sp³-hybridized carbons (Fsp3) is 0.312. The highest BCUT2D eigenvalue weighted by Gasteiger charge is 2.40. The zero-order valence-corrected chi connectivity index (χ0v) is 12.5. The number of carbonyl (C=O) groups is 1. The van der Waals surface area contributed by atoms with Crippen LogP contribution in [-0.4, -0.2) is 39.8 Å². The fourth-order valence-electron chi connectivity index (χ4n) is 2.74. The second-order valence-electron chi connectivity index (χ2n) is 5.16. The van der Waals surface area contributed by atoms with Crippen molar-refractivity contribution in [2.75, 3.05) is 11.5 Å². The molecule has 23 heavy (non-hydrogen) atoms. The third-order valence-corrected chi connectivity index (χ3v) is 3.73. The number of nitrogens with zero attached hydrogens (tertiary/aromatic N) is 3. The lowest BCUT2D eigenvalue weighted by molar-refractivity contribution is -0.153. The summed E-state index contributed by atoms with van der Waals surface area (Å²) in [6.07, 6.45) is 2.09. The number of anilines is 2. The number of halogens is 1. The van der Waals surface area contributed by atoms with Crippen LogP contribution in [0.3, 0.4) is 0 Å². The van der Waals surface area contributed by atoms with Gasteiger partial charge in [0.1, 0.15) is 5.82 Å². The first-order valence-electron chi connectivity index (χ1n) is 7.31. The number of carbonyl (C=O) groups excluding carboxylic acids is 1. The summed E-state index contributed by atoms with van der Waals surface area (Å²) in [5.74, 6) is -0.826. The van der Waals surface area contributed by atoms with Crippen molar-refractivity contribution < 1.29 is 19.0 Å². The number of esters is 1. The van der Waals surface area contributed by atoms with Crippen molar-refractivity contribution >= 4 is 17.6 Å². The zero-order chi connectivity index (χ0) is 16.4. The Morgan fingerprint density at radius 2 is 2.22 bits per heavy atom. The van der Waals surface area contributed by atoms with Crippen molar-refractivity contribution in [3.05, 3.63) is 48.0 Å². The molecule has 0 amide bonds. The number of benzene rings is 1. The van der Waals surface area contributed by atoms with Gasteiger partial charge in [-0.15, -0.1) is 0 Å². The molecule has 1 aliphatic rings. The quantitative estimate of drug-likeness (QED) is 0.863. The topological polar surface area (TPSA) is 75.6 Å². The Balaban J connectivity index is 2.01. The summed E-state index contributed by atoms with van der Waals surface area (Å²) in [4.78, 5) is 21.8. The lowest BCUT2D eigenvalue weighted by Gasteiger charge is -2.27. The number of fused-ring (bicyclic) bond motifs is 1. The van der Waals surface area contributed by atoms with Crippen molar-refractivity contribution in [2.24, 2.45) is 0 Å². The maximum atomic E-state index is 13.6. The molecule has 0 saturated heterocycles. The van der Waals surface area contributed by atoms with Crippen molar-refractivity contribution in [3.63, 3.8) is 0 Å². The fourth-order valence-corrected chi connectivity index (χ4v) is 2.74. The number of aliphatic hydroxyl groups is 1. The highest BCUT2D eigenvalue weighted by atomic mass is 19.1. The molecule has 1 aliphatic heterocycles. The summed E-state index contributed by atoms with van der Waals surface area (Å²) >= 11 is 0. The van der Waals surface area contributed by atoms with Crippen LogP contribution >= 0.6 is 0 Å². The van der Waals surface area contributed by atoms with E-state index in [1.54, 1.807) is 36.4 Å². The maximum absolute atomic E-state index is 13.6. The van der Waals surface area contributed by atoms with E-state index in [2.05, 4.69) is 9.97 Å². The second-order valence-corrected chi connectivity index (χ2v) is 5.16. The number of hydrogen-bond acceptors (Lipinski definition) is 6. The third kappa shape index (κ3) is 2.87. The first kappa shape index (κ1) is 15.4. The summed E-state index contributed by atoms with van der Waals surface area (Å²) in [5.41, 5.74) is 1.36. The van der Waals surface area contributed by atoms with E-state index in [1.165, 1.54) is 12.1 Å². The average molecular weight is 317 g/mol. The molecule has 0 aliphatic carbocycles. The minimum atomic E-state index is -1.38. The Bertz CT molecular complexity index is 711. The maximum Gasteiger partial charge on any atom is 0.337 e. The van der Waals surface area contributed by atoms with E-state index in [0.717, 1.165) is 5.56 Å². The Hall–Kier alpha value is -2.54. The number of hydrogen-bond donors (Lipinski definition) is 1. The predicted octanol–water partition coefficient (Wildman–Crippen LogP) is 1.60. The van der Waals surface area contributed by atoms with Crippen molar-refractivity contribution in [3.8, 4) is 0 Å². The van der Waals surface area contributed by atoms with E-state index in [1.807, 2.05) is 0 Å². The van der Waals surface area contributed by atoms with Crippen LogP contribution in [0.25, 0.3) is 0 Å². The highest BCUT2D eigenvalue weighted by molar-refractivity contribution is 5.79. The van der Waals surface area contributed by atoms with Gasteiger partial charge in [-0.2, -0.15) is 0 Å². The van der Waals surface area contributed by atoms with Gasteiger partial charge in [-0.05, 0) is 37.1 Å². The van der Waals surface area contributed by atoms with Gasteiger partial charge in [0.25, 0.3) is 0 Å². The lowest BCUT2D eigenvalue weighted by Crippen LogP contribution is -2.44. The molecule has 2 aromatic rings. The molecule has 0 saturated carbocycles. The molecule has 1 N–H and O–H groups in total. The predicted molar refractivity (Wildman–Crippen MR) is 80.7 cm³/mol. The van der Waals surface area contributed by atoms with Gasteiger partial charge >= 0.3 is 5.97 Å². The van der Waals surface area contributed by atoms with E-state index in [4.69, 9.17) is 4.74 Å².